The lowest BCUT2D eigenvalue weighted by atomic mass is 10.1. The van der Waals surface area contributed by atoms with Gasteiger partial charge in [0.1, 0.15) is 0 Å². The molecule has 116 valence electrons. The number of nitrogens with zero attached hydrogens (tertiary/aromatic N) is 3. The van der Waals surface area contributed by atoms with Gasteiger partial charge in [0.05, 0.1) is 29.5 Å². The summed E-state index contributed by atoms with van der Waals surface area (Å²) < 4.78 is 2.03. The Balaban J connectivity index is 2.20. The maximum atomic E-state index is 6.40. The minimum absolute atomic E-state index is 0.200. The standard InChI is InChI=1S/C15H23ClN4S/c1-4-17-14(10-12-6-5-9-21-12)15-13(16)11-18-20(15)8-7-19(2)3/h5-6,9,11,14,17H,4,7-8,10H2,1-3H3. The SMILES string of the molecule is CCNC(Cc1cccs1)c1c(Cl)cnn1CCN(C)C. The summed E-state index contributed by atoms with van der Waals surface area (Å²) in [6, 6.07) is 4.46. The Morgan fingerprint density at radius 3 is 2.90 bits per heavy atom. The Morgan fingerprint density at radius 1 is 1.48 bits per heavy atom. The van der Waals surface area contributed by atoms with E-state index in [1.54, 1.807) is 17.5 Å². The van der Waals surface area contributed by atoms with Crippen molar-refractivity contribution >= 4 is 22.9 Å². The van der Waals surface area contributed by atoms with Gasteiger partial charge in [0, 0.05) is 17.8 Å². The van der Waals surface area contributed by atoms with E-state index in [2.05, 4.69) is 53.8 Å². The van der Waals surface area contributed by atoms with E-state index < -0.39 is 0 Å². The highest BCUT2D eigenvalue weighted by molar-refractivity contribution is 7.09. The molecule has 0 aromatic carbocycles. The molecule has 1 unspecified atom stereocenters. The van der Waals surface area contributed by atoms with E-state index in [1.807, 2.05) is 4.68 Å². The normalized spacial score (nSPS) is 13.0. The largest absolute Gasteiger partial charge is 0.309 e. The molecule has 0 saturated carbocycles. The highest BCUT2D eigenvalue weighted by Crippen LogP contribution is 2.27. The van der Waals surface area contributed by atoms with Gasteiger partial charge in [-0.3, -0.25) is 4.68 Å². The molecule has 2 heterocycles. The molecule has 1 atom stereocenters. The molecule has 4 nitrogen and oxygen atoms in total. The number of thiophene rings is 1. The number of rotatable bonds is 8. The molecule has 0 aliphatic carbocycles. The second-order valence-corrected chi connectivity index (χ2v) is 6.74. The lowest BCUT2D eigenvalue weighted by Gasteiger charge is -2.20. The Morgan fingerprint density at radius 2 is 2.29 bits per heavy atom. The van der Waals surface area contributed by atoms with Crippen LogP contribution in [0.3, 0.4) is 0 Å². The molecular weight excluding hydrogens is 304 g/mol. The molecule has 2 rings (SSSR count). The zero-order valence-corrected chi connectivity index (χ0v) is 14.4. The summed E-state index contributed by atoms with van der Waals surface area (Å²) in [6.07, 6.45) is 2.70. The van der Waals surface area contributed by atoms with Crippen molar-refractivity contribution in [1.29, 1.82) is 0 Å². The fourth-order valence-corrected chi connectivity index (χ4v) is 3.36. The highest BCUT2D eigenvalue weighted by atomic mass is 35.5. The smallest absolute Gasteiger partial charge is 0.0834 e. The zero-order valence-electron chi connectivity index (χ0n) is 12.8. The van der Waals surface area contributed by atoms with E-state index in [0.29, 0.717) is 0 Å². The van der Waals surface area contributed by atoms with Gasteiger partial charge in [-0.15, -0.1) is 11.3 Å². The molecule has 6 heteroatoms. The first kappa shape index (κ1) is 16.5. The molecule has 0 aliphatic heterocycles. The topological polar surface area (TPSA) is 33.1 Å². The van der Waals surface area contributed by atoms with Crippen LogP contribution in [-0.2, 0) is 13.0 Å². The molecule has 21 heavy (non-hydrogen) atoms. The van der Waals surface area contributed by atoms with Crippen LogP contribution >= 0.6 is 22.9 Å². The number of hydrogen-bond donors (Lipinski definition) is 1. The van der Waals surface area contributed by atoms with Crippen molar-refractivity contribution < 1.29 is 0 Å². The van der Waals surface area contributed by atoms with Gasteiger partial charge >= 0.3 is 0 Å². The first-order valence-electron chi connectivity index (χ1n) is 7.23. The van der Waals surface area contributed by atoms with Crippen LogP contribution in [0.1, 0.15) is 23.5 Å². The number of likely N-dealkylation sites (N-methyl/N-ethyl adjacent to an activating group) is 2. The van der Waals surface area contributed by atoms with Crippen LogP contribution < -0.4 is 5.32 Å². The van der Waals surface area contributed by atoms with E-state index in [4.69, 9.17) is 11.6 Å². The monoisotopic (exact) mass is 326 g/mol. The maximum Gasteiger partial charge on any atom is 0.0834 e. The van der Waals surface area contributed by atoms with E-state index >= 15 is 0 Å². The molecule has 0 radical (unpaired) electrons. The second-order valence-electron chi connectivity index (χ2n) is 5.30. The molecule has 0 saturated heterocycles. The average molecular weight is 327 g/mol. The van der Waals surface area contributed by atoms with Gasteiger partial charge in [-0.05, 0) is 32.1 Å². The molecule has 0 aliphatic rings. The quantitative estimate of drug-likeness (QED) is 0.809. The Hall–Kier alpha value is -0.880. The van der Waals surface area contributed by atoms with Crippen LogP contribution in [0.15, 0.2) is 23.7 Å². The Bertz CT molecular complexity index is 536. The summed E-state index contributed by atoms with van der Waals surface area (Å²) in [6.45, 7) is 4.82. The first-order valence-corrected chi connectivity index (χ1v) is 8.49. The fraction of sp³-hybridized carbons (Fsp3) is 0.533. The maximum absolute atomic E-state index is 6.40. The minimum atomic E-state index is 0.200. The number of hydrogen-bond acceptors (Lipinski definition) is 4. The lowest BCUT2D eigenvalue weighted by Crippen LogP contribution is -2.27. The summed E-state index contributed by atoms with van der Waals surface area (Å²) in [5.74, 6) is 0. The summed E-state index contributed by atoms with van der Waals surface area (Å²) in [5, 5.41) is 10.8. The van der Waals surface area contributed by atoms with Crippen LogP contribution in [0.2, 0.25) is 5.02 Å². The number of halogens is 1. The third kappa shape index (κ3) is 4.54. The molecule has 2 aromatic rings. The lowest BCUT2D eigenvalue weighted by molar-refractivity contribution is 0.362. The van der Waals surface area contributed by atoms with E-state index in [-0.39, 0.29) is 6.04 Å². The van der Waals surface area contributed by atoms with Crippen molar-refractivity contribution in [2.45, 2.75) is 25.9 Å². The molecule has 0 fully saturated rings. The van der Waals surface area contributed by atoms with Crippen LogP contribution in [0, 0.1) is 0 Å². The van der Waals surface area contributed by atoms with Crippen molar-refractivity contribution in [2.75, 3.05) is 27.2 Å². The van der Waals surface area contributed by atoms with Gasteiger partial charge in [0.2, 0.25) is 0 Å². The number of nitrogens with one attached hydrogen (secondary N) is 1. The van der Waals surface area contributed by atoms with Gasteiger partial charge in [-0.25, -0.2) is 0 Å². The minimum Gasteiger partial charge on any atom is -0.309 e. The van der Waals surface area contributed by atoms with E-state index in [1.165, 1.54) is 4.88 Å². The van der Waals surface area contributed by atoms with E-state index in [9.17, 15) is 0 Å². The third-order valence-electron chi connectivity index (χ3n) is 3.36. The van der Waals surface area contributed by atoms with Crippen molar-refractivity contribution in [3.63, 3.8) is 0 Å². The summed E-state index contributed by atoms with van der Waals surface area (Å²) in [4.78, 5) is 3.51. The number of aromatic nitrogens is 2. The van der Waals surface area contributed by atoms with Gasteiger partial charge in [0.15, 0.2) is 0 Å². The van der Waals surface area contributed by atoms with Crippen LogP contribution in [0.4, 0.5) is 0 Å². The molecule has 0 amide bonds. The van der Waals surface area contributed by atoms with Gasteiger partial charge in [-0.1, -0.05) is 24.6 Å². The predicted octanol–water partition coefficient (Wildman–Crippen LogP) is 3.05. The molecule has 0 spiro atoms. The van der Waals surface area contributed by atoms with E-state index in [0.717, 1.165) is 36.8 Å². The highest BCUT2D eigenvalue weighted by Gasteiger charge is 2.20. The molecule has 0 bridgehead atoms. The van der Waals surface area contributed by atoms with Crippen molar-refractivity contribution in [2.24, 2.45) is 0 Å². The summed E-state index contributed by atoms with van der Waals surface area (Å²) in [5.41, 5.74) is 1.09. The Labute approximate surface area is 135 Å². The molecule has 2 aromatic heterocycles. The Kier molecular flexibility index (Phi) is 6.23. The average Bonchev–Trinajstić information content (AvgIpc) is 3.05. The summed E-state index contributed by atoms with van der Waals surface area (Å²) in [7, 11) is 4.14. The van der Waals surface area contributed by atoms with Crippen molar-refractivity contribution in [1.82, 2.24) is 20.0 Å². The van der Waals surface area contributed by atoms with Crippen LogP contribution in [0.5, 0.6) is 0 Å². The fourth-order valence-electron chi connectivity index (χ4n) is 2.33. The van der Waals surface area contributed by atoms with Gasteiger partial charge in [0.25, 0.3) is 0 Å². The van der Waals surface area contributed by atoms with Crippen molar-refractivity contribution in [3.8, 4) is 0 Å². The first-order chi connectivity index (χ1) is 10.1. The predicted molar refractivity (Wildman–Crippen MR) is 90.2 cm³/mol. The van der Waals surface area contributed by atoms with Crippen molar-refractivity contribution in [3.05, 3.63) is 39.3 Å². The third-order valence-corrected chi connectivity index (χ3v) is 4.55. The van der Waals surface area contributed by atoms with Gasteiger partial charge < -0.3 is 10.2 Å². The zero-order chi connectivity index (χ0) is 15.2. The van der Waals surface area contributed by atoms with Crippen LogP contribution in [0.25, 0.3) is 0 Å². The van der Waals surface area contributed by atoms with Crippen LogP contribution in [-0.4, -0.2) is 41.9 Å². The molecular formula is C15H23ClN4S. The summed E-state index contributed by atoms with van der Waals surface area (Å²) >= 11 is 8.18. The molecule has 1 N–H and O–H groups in total. The van der Waals surface area contributed by atoms with Gasteiger partial charge in [-0.2, -0.15) is 5.10 Å². The second kappa shape index (κ2) is 7.94.